The van der Waals surface area contributed by atoms with Gasteiger partial charge in [-0.2, -0.15) is 0 Å². The van der Waals surface area contributed by atoms with Gasteiger partial charge in [0.25, 0.3) is 0 Å². The molecule has 0 spiro atoms. The first-order chi connectivity index (χ1) is 38.6. The van der Waals surface area contributed by atoms with Crippen LogP contribution < -0.4 is 52.8 Å². The second-order valence-corrected chi connectivity index (χ2v) is 22.5. The van der Waals surface area contributed by atoms with E-state index in [-0.39, 0.29) is 67.4 Å². The maximum absolute atomic E-state index is 15.4. The molecule has 0 aromatic heterocycles. The van der Waals surface area contributed by atoms with Crippen molar-refractivity contribution in [1.82, 2.24) is 31.9 Å². The number of hydrogen-bond donors (Lipinski definition) is 14. The number of aliphatic hydroxyl groups excluding tert-OH is 2. The first-order valence-electron chi connectivity index (χ1n) is 26.3. The van der Waals surface area contributed by atoms with Crippen molar-refractivity contribution in [3.8, 4) is 57.1 Å². The predicted octanol–water partition coefficient (Wildman–Crippen LogP) is 3.20. The zero-order valence-electron chi connectivity index (χ0n) is 43.0. The average Bonchev–Trinajstić information content (AvgIpc) is 3.44. The molecule has 5 aromatic rings. The highest BCUT2D eigenvalue weighted by molar-refractivity contribution is 6.32. The van der Waals surface area contributed by atoms with E-state index in [2.05, 4.69) is 31.9 Å². The molecule has 422 valence electrons. The maximum atomic E-state index is 15.4. The zero-order chi connectivity index (χ0) is 57.3. The molecule has 7 amide bonds. The van der Waals surface area contributed by atoms with Crippen LogP contribution in [0.15, 0.2) is 84.9 Å². The number of phenolic OH excluding ortho intramolecular Hbond substituents is 4. The van der Waals surface area contributed by atoms with E-state index in [1.807, 2.05) is 0 Å². The summed E-state index contributed by atoms with van der Waals surface area (Å²) in [6.45, 7) is 0.249. The van der Waals surface area contributed by atoms with Gasteiger partial charge in [-0.15, -0.1) is 0 Å². The van der Waals surface area contributed by atoms with Gasteiger partial charge in [-0.25, -0.2) is 0 Å². The van der Waals surface area contributed by atoms with Crippen molar-refractivity contribution in [2.24, 2.45) is 34.6 Å². The molecule has 0 saturated heterocycles. The van der Waals surface area contributed by atoms with Crippen LogP contribution in [0.3, 0.4) is 0 Å². The highest BCUT2D eigenvalue weighted by atomic mass is 35.5. The number of carbonyl (C=O) groups excluding carboxylic acids is 7. The minimum absolute atomic E-state index is 0.00713. The second kappa shape index (κ2) is 21.1. The minimum Gasteiger partial charge on any atom is -0.508 e. The number of primary amides is 1. The lowest BCUT2D eigenvalue weighted by molar-refractivity contribution is -0.137. The van der Waals surface area contributed by atoms with E-state index in [1.165, 1.54) is 54.6 Å². The lowest BCUT2D eigenvalue weighted by Gasteiger charge is -2.57. The number of nitrogens with two attached hydrogens (primary N) is 2. The third kappa shape index (κ3) is 10.6. The quantitative estimate of drug-likeness (QED) is 0.120. The molecule has 5 aliphatic heterocycles. The van der Waals surface area contributed by atoms with Crippen molar-refractivity contribution in [2.75, 3.05) is 6.54 Å². The third-order valence-corrected chi connectivity index (χ3v) is 16.8. The number of aliphatic hydroxyl groups is 2. The maximum Gasteiger partial charge on any atom is 0.248 e. The molecule has 0 unspecified atom stereocenters. The summed E-state index contributed by atoms with van der Waals surface area (Å²) in [6, 6.07) is 5.55. The molecule has 9 aliphatic rings. The molecule has 16 N–H and O–H groups in total. The molecule has 4 aliphatic carbocycles. The predicted molar refractivity (Wildman–Crippen MR) is 285 cm³/mol. The number of carbonyl (C=O) groups is 7. The summed E-state index contributed by atoms with van der Waals surface area (Å²) in [5, 5.41) is 85.3. The Balaban J connectivity index is 1.07. The summed E-state index contributed by atoms with van der Waals surface area (Å²) in [6.07, 6.45) is 1.54. The number of ether oxygens (including phenoxy) is 2. The van der Waals surface area contributed by atoms with Gasteiger partial charge in [0.15, 0.2) is 11.5 Å². The van der Waals surface area contributed by atoms with Gasteiger partial charge in [0.05, 0.1) is 11.4 Å². The molecule has 5 heterocycles. The van der Waals surface area contributed by atoms with Gasteiger partial charge in [-0.05, 0) is 144 Å². The summed E-state index contributed by atoms with van der Waals surface area (Å²) < 4.78 is 12.3. The van der Waals surface area contributed by atoms with E-state index in [0.717, 1.165) is 68.9 Å². The van der Waals surface area contributed by atoms with E-state index >= 15 is 14.4 Å². The Morgan fingerprint density at radius 2 is 1.25 bits per heavy atom. The number of fused-ring (bicyclic) bond motifs is 15. The molecule has 15 bridgehead atoms. The van der Waals surface area contributed by atoms with Crippen LogP contribution in [-0.2, 0) is 33.6 Å². The SMILES string of the molecule is NC(=O)C[C@@H]1NC(=O)[C@H](N)[C@H](O)c2ccc(c(Cl)c2)Oc2cc3cc(c2O)Oc2ccc(cc2)[C@@H](O)[C@@H]2NC(=O)[C@H](NC(=O)[C@@H]3NC1=O)c1ccc(O)c(c1)-c1c(O)cc(O)cc1[C@@H](C(=O)NCC13CC4CC(CC(C4)C1)C3)NC2=O. The molecule has 4 saturated carbocycles. The van der Waals surface area contributed by atoms with Crippen molar-refractivity contribution in [3.05, 3.63) is 118 Å². The Bertz CT molecular complexity index is 3420. The van der Waals surface area contributed by atoms with E-state index in [0.29, 0.717) is 17.8 Å². The van der Waals surface area contributed by atoms with Crippen LogP contribution in [0, 0.1) is 23.2 Å². The summed E-state index contributed by atoms with van der Waals surface area (Å²) in [7, 11) is 0. The van der Waals surface area contributed by atoms with Crippen LogP contribution in [0.1, 0.15) is 103 Å². The molecular weight excluding hydrogens is 1070 g/mol. The van der Waals surface area contributed by atoms with Gasteiger partial charge in [0, 0.05) is 23.7 Å². The van der Waals surface area contributed by atoms with Crippen molar-refractivity contribution in [1.29, 1.82) is 0 Å². The van der Waals surface area contributed by atoms with Gasteiger partial charge >= 0.3 is 0 Å². The number of benzene rings is 5. The normalized spacial score (nSPS) is 28.6. The molecule has 81 heavy (non-hydrogen) atoms. The lowest BCUT2D eigenvalue weighted by atomic mass is 9.49. The van der Waals surface area contributed by atoms with E-state index < -0.39 is 131 Å². The molecule has 8 atom stereocenters. The van der Waals surface area contributed by atoms with Crippen LogP contribution in [0.4, 0.5) is 0 Å². The first-order valence-corrected chi connectivity index (χ1v) is 26.7. The summed E-state index contributed by atoms with van der Waals surface area (Å²) >= 11 is 6.64. The summed E-state index contributed by atoms with van der Waals surface area (Å²) in [5.41, 5.74) is 10.4. The Labute approximate surface area is 466 Å². The average molecular weight is 1130 g/mol. The number of aromatic hydroxyl groups is 4. The number of hydrogen-bond acceptors (Lipinski definition) is 16. The molecule has 4 fully saturated rings. The Hall–Kier alpha value is -8.64. The fraction of sp³-hybridized carbons (Fsp3) is 0.351. The Morgan fingerprint density at radius 1 is 0.630 bits per heavy atom. The topological polar surface area (TPSA) is 384 Å². The van der Waals surface area contributed by atoms with E-state index in [9.17, 15) is 49.8 Å². The van der Waals surface area contributed by atoms with Crippen LogP contribution in [0.2, 0.25) is 5.02 Å². The summed E-state index contributed by atoms with van der Waals surface area (Å²) in [4.78, 5) is 101. The lowest BCUT2D eigenvalue weighted by Crippen LogP contribution is -2.57. The smallest absolute Gasteiger partial charge is 0.248 e. The highest BCUT2D eigenvalue weighted by Crippen LogP contribution is 2.60. The number of rotatable bonds is 5. The van der Waals surface area contributed by atoms with E-state index in [1.54, 1.807) is 0 Å². The monoisotopic (exact) mass is 1130 g/mol. The number of halogens is 1. The first kappa shape index (κ1) is 54.3. The zero-order valence-corrected chi connectivity index (χ0v) is 43.7. The van der Waals surface area contributed by atoms with Gasteiger partial charge in [-0.1, -0.05) is 35.9 Å². The Kier molecular flexibility index (Phi) is 14.2. The van der Waals surface area contributed by atoms with Gasteiger partial charge in [-0.3, -0.25) is 33.6 Å². The van der Waals surface area contributed by atoms with Crippen molar-refractivity contribution < 1.29 is 73.7 Å². The molecule has 24 heteroatoms. The minimum atomic E-state index is -2.05. The molecule has 5 aromatic carbocycles. The van der Waals surface area contributed by atoms with Crippen LogP contribution >= 0.6 is 11.6 Å². The molecular formula is C57H57ClN8O15. The van der Waals surface area contributed by atoms with Gasteiger partial charge < -0.3 is 83.5 Å². The molecule has 23 nitrogen and oxygen atoms in total. The number of phenols is 4. The van der Waals surface area contributed by atoms with Crippen LogP contribution in [0.25, 0.3) is 11.1 Å². The number of amides is 7. The van der Waals surface area contributed by atoms with Gasteiger partial charge in [0.1, 0.15) is 77.2 Å². The van der Waals surface area contributed by atoms with Crippen LogP contribution in [-0.4, -0.2) is 96.7 Å². The molecule has 14 rings (SSSR count). The molecule has 0 radical (unpaired) electrons. The van der Waals surface area contributed by atoms with Crippen LogP contribution in [0.5, 0.6) is 46.0 Å². The fourth-order valence-corrected chi connectivity index (χ4v) is 13.2. The van der Waals surface area contributed by atoms with Crippen molar-refractivity contribution in [2.45, 2.75) is 93.4 Å². The van der Waals surface area contributed by atoms with Gasteiger partial charge in [0.2, 0.25) is 47.1 Å². The number of nitrogens with one attached hydrogen (secondary N) is 6. The fourth-order valence-electron chi connectivity index (χ4n) is 13.0. The second-order valence-electron chi connectivity index (χ2n) is 22.1. The highest BCUT2D eigenvalue weighted by Gasteiger charge is 2.51. The standard InChI is InChI=1S/C57H57ClN8O15/c58-34-13-28-4-8-38(34)81-40-15-29-14-39(50(40)73)80-31-5-1-26(2-6-31)49(72)47-56(79)65-46(53(76)61-22-57-19-23-9-24(20-57)11-25(10-23)21-57)33-16-30(67)17-37(69)42(33)32-12-27(3-7-36(32)68)44(54(77)66-47)64-55(78)45(29)63-51(74)35(18-41(59)70)62-52(75)43(60)48(28)71/h1-8,12-17,23-25,35,43-49,67-69,71-73H,9-11,18-22,60H2,(H2,59,70)(H,61,76)(H,62,75)(H,63,74)(H,64,78)(H,65,79)(H,66,77)/t23?,24?,25?,35-,43+,44+,45+,46-,47-,48+,49+,57?/m0/s1. The Morgan fingerprint density at radius 3 is 1.91 bits per heavy atom. The van der Waals surface area contributed by atoms with E-state index in [4.69, 9.17) is 32.5 Å². The largest absolute Gasteiger partial charge is 0.508 e. The third-order valence-electron chi connectivity index (χ3n) is 16.5. The van der Waals surface area contributed by atoms with Crippen molar-refractivity contribution >= 4 is 53.0 Å². The van der Waals surface area contributed by atoms with Crippen molar-refractivity contribution in [3.63, 3.8) is 0 Å². The summed E-state index contributed by atoms with van der Waals surface area (Å²) in [5.74, 6) is -9.76.